The number of nitrogens with zero attached hydrogens (tertiary/aromatic N) is 1. The first-order valence-corrected chi connectivity index (χ1v) is 7.88. The number of nitrogens with two attached hydrogens (primary N) is 1. The number of benzene rings is 1. The van der Waals surface area contributed by atoms with Gasteiger partial charge >= 0.3 is 0 Å². The number of rotatable bonds is 6. The molecule has 1 aromatic heterocycles. The number of hydrogen-bond acceptors (Lipinski definition) is 3. The SMILES string of the molecule is NCc1ccc(CN(Cc2cccs2)C2CC2)c(F)c1. The molecule has 0 atom stereocenters. The van der Waals surface area contributed by atoms with Gasteiger partial charge in [-0.05, 0) is 35.9 Å². The Morgan fingerprint density at radius 2 is 2.10 bits per heavy atom. The molecular weight excluding hydrogens is 271 g/mol. The Morgan fingerprint density at radius 1 is 1.25 bits per heavy atom. The van der Waals surface area contributed by atoms with Crippen LogP contribution in [-0.4, -0.2) is 10.9 Å². The maximum absolute atomic E-state index is 14.1. The van der Waals surface area contributed by atoms with Gasteiger partial charge in [-0.1, -0.05) is 18.2 Å². The topological polar surface area (TPSA) is 29.3 Å². The quantitative estimate of drug-likeness (QED) is 0.882. The van der Waals surface area contributed by atoms with Crippen LogP contribution in [0.5, 0.6) is 0 Å². The average Bonchev–Trinajstić information content (AvgIpc) is 3.18. The summed E-state index contributed by atoms with van der Waals surface area (Å²) in [5, 5.41) is 2.09. The van der Waals surface area contributed by atoms with Gasteiger partial charge in [0.05, 0.1) is 0 Å². The molecule has 2 N–H and O–H groups in total. The van der Waals surface area contributed by atoms with Crippen LogP contribution >= 0.6 is 11.3 Å². The van der Waals surface area contributed by atoms with Crippen molar-refractivity contribution in [3.05, 3.63) is 57.5 Å². The molecule has 4 heteroatoms. The van der Waals surface area contributed by atoms with Crippen LogP contribution in [0, 0.1) is 5.82 Å². The van der Waals surface area contributed by atoms with Gasteiger partial charge in [0.25, 0.3) is 0 Å². The highest BCUT2D eigenvalue weighted by molar-refractivity contribution is 7.09. The Balaban J connectivity index is 1.73. The summed E-state index contributed by atoms with van der Waals surface area (Å²) in [6, 6.07) is 10.2. The standard InChI is InChI=1S/C16H19FN2S/c17-16-8-12(9-18)3-4-13(16)10-19(14-5-6-14)11-15-2-1-7-20-15/h1-4,7-8,14H,5-6,9-11,18H2. The summed E-state index contributed by atoms with van der Waals surface area (Å²) in [4.78, 5) is 3.72. The van der Waals surface area contributed by atoms with E-state index in [1.807, 2.05) is 12.1 Å². The van der Waals surface area contributed by atoms with Gasteiger partial charge in [-0.15, -0.1) is 11.3 Å². The Labute approximate surface area is 123 Å². The summed E-state index contributed by atoms with van der Waals surface area (Å²) in [6.07, 6.45) is 2.46. The molecule has 2 nitrogen and oxygen atoms in total. The average molecular weight is 290 g/mol. The minimum absolute atomic E-state index is 0.134. The molecule has 2 aromatic rings. The predicted octanol–water partition coefficient (Wildman–Crippen LogP) is 3.51. The van der Waals surface area contributed by atoms with E-state index in [-0.39, 0.29) is 5.82 Å². The summed E-state index contributed by atoms with van der Waals surface area (Å²) in [7, 11) is 0. The van der Waals surface area contributed by atoms with Gasteiger partial charge in [0.1, 0.15) is 5.82 Å². The van der Waals surface area contributed by atoms with Gasteiger partial charge in [-0.25, -0.2) is 4.39 Å². The minimum Gasteiger partial charge on any atom is -0.326 e. The molecule has 1 aliphatic rings. The molecule has 0 amide bonds. The number of halogens is 1. The molecule has 0 aliphatic heterocycles. The molecule has 20 heavy (non-hydrogen) atoms. The van der Waals surface area contributed by atoms with E-state index in [9.17, 15) is 4.39 Å². The Bertz CT molecular complexity index is 564. The van der Waals surface area contributed by atoms with E-state index in [0.29, 0.717) is 19.1 Å². The molecule has 0 unspecified atom stereocenters. The molecule has 1 heterocycles. The second-order valence-corrected chi connectivity index (χ2v) is 6.38. The lowest BCUT2D eigenvalue weighted by Gasteiger charge is -2.21. The fourth-order valence-electron chi connectivity index (χ4n) is 2.42. The van der Waals surface area contributed by atoms with Gasteiger partial charge in [0.2, 0.25) is 0 Å². The lowest BCUT2D eigenvalue weighted by Crippen LogP contribution is -2.25. The Kier molecular flexibility index (Phi) is 4.15. The maximum Gasteiger partial charge on any atom is 0.128 e. The molecule has 0 saturated heterocycles. The summed E-state index contributed by atoms with van der Waals surface area (Å²) in [5.74, 6) is -0.134. The summed E-state index contributed by atoms with van der Waals surface area (Å²) < 4.78 is 14.1. The van der Waals surface area contributed by atoms with Crippen LogP contribution in [0.25, 0.3) is 0 Å². The molecule has 1 fully saturated rings. The highest BCUT2D eigenvalue weighted by Gasteiger charge is 2.29. The van der Waals surface area contributed by atoms with Gasteiger partial charge in [-0.2, -0.15) is 0 Å². The van der Waals surface area contributed by atoms with Crippen LogP contribution < -0.4 is 5.73 Å². The fraction of sp³-hybridized carbons (Fsp3) is 0.375. The third-order valence-corrected chi connectivity index (χ3v) is 4.59. The third kappa shape index (κ3) is 3.26. The van der Waals surface area contributed by atoms with E-state index < -0.39 is 0 Å². The second-order valence-electron chi connectivity index (χ2n) is 5.35. The van der Waals surface area contributed by atoms with Crippen molar-refractivity contribution >= 4 is 11.3 Å². The van der Waals surface area contributed by atoms with Crippen LogP contribution in [0.2, 0.25) is 0 Å². The highest BCUT2D eigenvalue weighted by Crippen LogP contribution is 2.31. The van der Waals surface area contributed by atoms with Crippen LogP contribution in [-0.2, 0) is 19.6 Å². The Morgan fingerprint density at radius 3 is 2.70 bits per heavy atom. The van der Waals surface area contributed by atoms with Crippen LogP contribution in [0.15, 0.2) is 35.7 Å². The molecule has 106 valence electrons. The number of thiophene rings is 1. The van der Waals surface area contributed by atoms with E-state index >= 15 is 0 Å². The maximum atomic E-state index is 14.1. The van der Waals surface area contributed by atoms with Crippen molar-refractivity contribution in [2.75, 3.05) is 0 Å². The molecule has 1 aliphatic carbocycles. The van der Waals surface area contributed by atoms with Crippen LogP contribution in [0.1, 0.15) is 28.8 Å². The lowest BCUT2D eigenvalue weighted by molar-refractivity contribution is 0.244. The molecule has 0 spiro atoms. The van der Waals surface area contributed by atoms with Crippen LogP contribution in [0.3, 0.4) is 0 Å². The largest absolute Gasteiger partial charge is 0.326 e. The van der Waals surface area contributed by atoms with Crippen molar-refractivity contribution in [1.82, 2.24) is 4.90 Å². The smallest absolute Gasteiger partial charge is 0.128 e. The molecular formula is C16H19FN2S. The molecule has 0 radical (unpaired) electrons. The first kappa shape index (κ1) is 13.7. The zero-order valence-corrected chi connectivity index (χ0v) is 12.2. The highest BCUT2D eigenvalue weighted by atomic mass is 32.1. The summed E-state index contributed by atoms with van der Waals surface area (Å²) in [6.45, 7) is 1.98. The second kappa shape index (κ2) is 6.04. The fourth-order valence-corrected chi connectivity index (χ4v) is 3.15. The lowest BCUT2D eigenvalue weighted by atomic mass is 10.1. The van der Waals surface area contributed by atoms with E-state index in [1.165, 1.54) is 17.7 Å². The minimum atomic E-state index is -0.134. The predicted molar refractivity (Wildman–Crippen MR) is 80.9 cm³/mol. The molecule has 3 rings (SSSR count). The molecule has 1 aromatic carbocycles. The monoisotopic (exact) mass is 290 g/mol. The normalized spacial score (nSPS) is 14.9. The van der Waals surface area contributed by atoms with E-state index in [2.05, 4.69) is 22.4 Å². The zero-order chi connectivity index (χ0) is 13.9. The van der Waals surface area contributed by atoms with Gasteiger partial charge in [0.15, 0.2) is 0 Å². The van der Waals surface area contributed by atoms with Crippen molar-refractivity contribution < 1.29 is 4.39 Å². The van der Waals surface area contributed by atoms with Crippen molar-refractivity contribution in [2.45, 2.75) is 38.5 Å². The van der Waals surface area contributed by atoms with Crippen molar-refractivity contribution in [2.24, 2.45) is 5.73 Å². The number of hydrogen-bond donors (Lipinski definition) is 1. The van der Waals surface area contributed by atoms with E-state index in [4.69, 9.17) is 5.73 Å². The van der Waals surface area contributed by atoms with Crippen molar-refractivity contribution in [1.29, 1.82) is 0 Å². The van der Waals surface area contributed by atoms with Gasteiger partial charge in [0, 0.05) is 36.1 Å². The molecule has 0 bridgehead atoms. The van der Waals surface area contributed by atoms with Crippen LogP contribution in [0.4, 0.5) is 4.39 Å². The molecule has 1 saturated carbocycles. The zero-order valence-electron chi connectivity index (χ0n) is 11.4. The van der Waals surface area contributed by atoms with Crippen molar-refractivity contribution in [3.8, 4) is 0 Å². The first-order chi connectivity index (χ1) is 9.76. The summed E-state index contributed by atoms with van der Waals surface area (Å²) >= 11 is 1.77. The van der Waals surface area contributed by atoms with Gasteiger partial charge in [-0.3, -0.25) is 4.90 Å². The summed E-state index contributed by atoms with van der Waals surface area (Å²) in [5.41, 5.74) is 7.16. The van der Waals surface area contributed by atoms with Gasteiger partial charge < -0.3 is 5.73 Å². The first-order valence-electron chi connectivity index (χ1n) is 7.00. The third-order valence-electron chi connectivity index (χ3n) is 3.73. The Hall–Kier alpha value is -1.23. The van der Waals surface area contributed by atoms with E-state index in [0.717, 1.165) is 17.7 Å². The van der Waals surface area contributed by atoms with Crippen molar-refractivity contribution in [3.63, 3.8) is 0 Å². The van der Waals surface area contributed by atoms with E-state index in [1.54, 1.807) is 17.4 Å².